The lowest BCUT2D eigenvalue weighted by Gasteiger charge is -2.21. The maximum atomic E-state index is 12.9. The Kier molecular flexibility index (Phi) is 6.69. The summed E-state index contributed by atoms with van der Waals surface area (Å²) in [5.74, 6) is -0.777. The first-order chi connectivity index (χ1) is 12.0. The molecule has 25 heavy (non-hydrogen) atoms. The lowest BCUT2D eigenvalue weighted by molar-refractivity contribution is 0.0755. The van der Waals surface area contributed by atoms with Crippen LogP contribution in [0.3, 0.4) is 0 Å². The number of carbonyl (C=O) groups is 2. The number of benzene rings is 2. The van der Waals surface area contributed by atoms with Crippen LogP contribution >= 0.6 is 0 Å². The fourth-order valence-electron chi connectivity index (χ4n) is 2.57. The molecule has 2 aromatic rings. The van der Waals surface area contributed by atoms with E-state index in [2.05, 4.69) is 5.32 Å². The van der Waals surface area contributed by atoms with Crippen molar-refractivity contribution < 1.29 is 14.0 Å². The number of anilines is 1. The summed E-state index contributed by atoms with van der Waals surface area (Å²) >= 11 is 0. The van der Waals surface area contributed by atoms with Crippen molar-refractivity contribution in [1.82, 2.24) is 4.90 Å². The quantitative estimate of drug-likeness (QED) is 0.814. The van der Waals surface area contributed by atoms with Crippen LogP contribution in [0.25, 0.3) is 0 Å². The standard InChI is InChI=1S/C20H23FN2O2/c1-3-12-23(13-4-2)20(25)16-6-5-7-18(14-16)22-19(24)15-8-10-17(21)11-9-15/h5-11,14H,3-4,12-13H2,1-2H3,(H,22,24). The van der Waals surface area contributed by atoms with Crippen LogP contribution in [0.4, 0.5) is 10.1 Å². The van der Waals surface area contributed by atoms with Crippen molar-refractivity contribution in [2.75, 3.05) is 18.4 Å². The van der Waals surface area contributed by atoms with Gasteiger partial charge in [0.2, 0.25) is 0 Å². The summed E-state index contributed by atoms with van der Waals surface area (Å²) in [7, 11) is 0. The zero-order chi connectivity index (χ0) is 18.2. The number of nitrogens with zero attached hydrogens (tertiary/aromatic N) is 1. The third-order valence-corrected chi connectivity index (χ3v) is 3.75. The van der Waals surface area contributed by atoms with Crippen LogP contribution in [0, 0.1) is 5.82 Å². The molecule has 2 amide bonds. The van der Waals surface area contributed by atoms with Crippen LogP contribution in [0.2, 0.25) is 0 Å². The number of nitrogens with one attached hydrogen (secondary N) is 1. The molecule has 0 unspecified atom stereocenters. The Morgan fingerprint density at radius 2 is 1.60 bits per heavy atom. The Morgan fingerprint density at radius 3 is 2.20 bits per heavy atom. The average Bonchev–Trinajstić information content (AvgIpc) is 2.61. The Hall–Kier alpha value is -2.69. The van der Waals surface area contributed by atoms with Gasteiger partial charge in [-0.15, -0.1) is 0 Å². The van der Waals surface area contributed by atoms with E-state index in [0.29, 0.717) is 29.9 Å². The molecule has 0 radical (unpaired) electrons. The van der Waals surface area contributed by atoms with E-state index in [9.17, 15) is 14.0 Å². The predicted molar refractivity (Wildman–Crippen MR) is 97.3 cm³/mol. The molecule has 0 bridgehead atoms. The number of amides is 2. The fraction of sp³-hybridized carbons (Fsp3) is 0.300. The average molecular weight is 342 g/mol. The second-order valence-corrected chi connectivity index (χ2v) is 5.83. The van der Waals surface area contributed by atoms with Crippen molar-refractivity contribution >= 4 is 17.5 Å². The summed E-state index contributed by atoms with van der Waals surface area (Å²) in [5.41, 5.74) is 1.43. The first-order valence-corrected chi connectivity index (χ1v) is 8.51. The Bertz CT molecular complexity index is 723. The van der Waals surface area contributed by atoms with Crippen molar-refractivity contribution in [2.24, 2.45) is 0 Å². The van der Waals surface area contributed by atoms with E-state index < -0.39 is 5.82 Å². The van der Waals surface area contributed by atoms with Gasteiger partial charge in [0.15, 0.2) is 0 Å². The second kappa shape index (κ2) is 8.97. The van der Waals surface area contributed by atoms with Gasteiger partial charge in [0.1, 0.15) is 5.82 Å². The number of carbonyl (C=O) groups excluding carboxylic acids is 2. The van der Waals surface area contributed by atoms with Gasteiger partial charge in [0.25, 0.3) is 11.8 Å². The smallest absolute Gasteiger partial charge is 0.255 e. The van der Waals surface area contributed by atoms with Gasteiger partial charge in [-0.05, 0) is 55.3 Å². The Labute approximate surface area is 147 Å². The minimum Gasteiger partial charge on any atom is -0.339 e. The first-order valence-electron chi connectivity index (χ1n) is 8.51. The summed E-state index contributed by atoms with van der Waals surface area (Å²) in [6, 6.07) is 12.2. The fourth-order valence-corrected chi connectivity index (χ4v) is 2.57. The van der Waals surface area contributed by atoms with Crippen molar-refractivity contribution in [3.05, 3.63) is 65.5 Å². The molecule has 2 aromatic carbocycles. The first kappa shape index (κ1) is 18.6. The summed E-state index contributed by atoms with van der Waals surface area (Å²) in [6.07, 6.45) is 1.79. The summed E-state index contributed by atoms with van der Waals surface area (Å²) in [6.45, 7) is 5.49. The molecule has 0 aliphatic rings. The zero-order valence-electron chi connectivity index (χ0n) is 14.6. The summed E-state index contributed by atoms with van der Waals surface area (Å²) in [4.78, 5) is 26.7. The number of hydrogen-bond donors (Lipinski definition) is 1. The number of hydrogen-bond acceptors (Lipinski definition) is 2. The van der Waals surface area contributed by atoms with E-state index >= 15 is 0 Å². The molecule has 0 saturated carbocycles. The summed E-state index contributed by atoms with van der Waals surface area (Å²) in [5, 5.41) is 2.74. The molecular formula is C20H23FN2O2. The van der Waals surface area contributed by atoms with Gasteiger partial charge < -0.3 is 10.2 Å². The lowest BCUT2D eigenvalue weighted by Crippen LogP contribution is -2.32. The second-order valence-electron chi connectivity index (χ2n) is 5.83. The van der Waals surface area contributed by atoms with Crippen molar-refractivity contribution in [3.8, 4) is 0 Å². The molecule has 5 heteroatoms. The van der Waals surface area contributed by atoms with Gasteiger partial charge in [-0.2, -0.15) is 0 Å². The molecule has 0 aliphatic heterocycles. The summed E-state index contributed by atoms with van der Waals surface area (Å²) < 4.78 is 12.9. The van der Waals surface area contributed by atoms with Gasteiger partial charge >= 0.3 is 0 Å². The van der Waals surface area contributed by atoms with E-state index in [-0.39, 0.29) is 11.8 Å². The molecule has 2 rings (SSSR count). The van der Waals surface area contributed by atoms with Crippen LogP contribution in [0.1, 0.15) is 47.4 Å². The normalized spacial score (nSPS) is 10.4. The third kappa shape index (κ3) is 5.14. The highest BCUT2D eigenvalue weighted by molar-refractivity contribution is 6.05. The topological polar surface area (TPSA) is 49.4 Å². The van der Waals surface area contributed by atoms with Gasteiger partial charge in [0.05, 0.1) is 0 Å². The number of halogens is 1. The molecule has 0 saturated heterocycles. The molecular weight excluding hydrogens is 319 g/mol. The highest BCUT2D eigenvalue weighted by atomic mass is 19.1. The predicted octanol–water partition coefficient (Wildman–Crippen LogP) is 4.34. The van der Waals surface area contributed by atoms with E-state index in [4.69, 9.17) is 0 Å². The van der Waals surface area contributed by atoms with E-state index in [1.54, 1.807) is 24.3 Å². The monoisotopic (exact) mass is 342 g/mol. The SMILES string of the molecule is CCCN(CCC)C(=O)c1cccc(NC(=O)c2ccc(F)cc2)c1. The van der Waals surface area contributed by atoms with E-state index in [0.717, 1.165) is 12.8 Å². The highest BCUT2D eigenvalue weighted by Crippen LogP contribution is 2.15. The Morgan fingerprint density at radius 1 is 0.960 bits per heavy atom. The van der Waals surface area contributed by atoms with Crippen LogP contribution < -0.4 is 5.32 Å². The molecule has 0 heterocycles. The molecule has 0 atom stereocenters. The Balaban J connectivity index is 2.13. The molecule has 0 aliphatic carbocycles. The molecule has 4 nitrogen and oxygen atoms in total. The molecule has 132 valence electrons. The molecule has 1 N–H and O–H groups in total. The van der Waals surface area contributed by atoms with Gasteiger partial charge in [-0.3, -0.25) is 9.59 Å². The minimum atomic E-state index is -0.393. The molecule has 0 aromatic heterocycles. The molecule has 0 fully saturated rings. The van der Waals surface area contributed by atoms with Gasteiger partial charge in [-0.1, -0.05) is 19.9 Å². The maximum absolute atomic E-state index is 12.9. The lowest BCUT2D eigenvalue weighted by atomic mass is 10.1. The van der Waals surface area contributed by atoms with Crippen LogP contribution in [-0.2, 0) is 0 Å². The van der Waals surface area contributed by atoms with Gasteiger partial charge in [0, 0.05) is 29.9 Å². The van der Waals surface area contributed by atoms with Gasteiger partial charge in [-0.25, -0.2) is 4.39 Å². The highest BCUT2D eigenvalue weighted by Gasteiger charge is 2.15. The van der Waals surface area contributed by atoms with Crippen molar-refractivity contribution in [3.63, 3.8) is 0 Å². The van der Waals surface area contributed by atoms with Crippen molar-refractivity contribution in [1.29, 1.82) is 0 Å². The molecule has 0 spiro atoms. The maximum Gasteiger partial charge on any atom is 0.255 e. The number of rotatable bonds is 7. The van der Waals surface area contributed by atoms with Crippen LogP contribution in [-0.4, -0.2) is 29.8 Å². The largest absolute Gasteiger partial charge is 0.339 e. The van der Waals surface area contributed by atoms with Crippen LogP contribution in [0.15, 0.2) is 48.5 Å². The zero-order valence-corrected chi connectivity index (χ0v) is 14.6. The van der Waals surface area contributed by atoms with E-state index in [1.807, 2.05) is 18.7 Å². The van der Waals surface area contributed by atoms with Crippen molar-refractivity contribution in [2.45, 2.75) is 26.7 Å². The third-order valence-electron chi connectivity index (χ3n) is 3.75. The minimum absolute atomic E-state index is 0.0402. The van der Waals surface area contributed by atoms with Crippen LogP contribution in [0.5, 0.6) is 0 Å². The van der Waals surface area contributed by atoms with E-state index in [1.165, 1.54) is 24.3 Å².